The van der Waals surface area contributed by atoms with Crippen molar-refractivity contribution >= 4 is 27.0 Å². The first-order valence-corrected chi connectivity index (χ1v) is 9.74. The quantitative estimate of drug-likeness (QED) is 0.892. The summed E-state index contributed by atoms with van der Waals surface area (Å²) in [7, 11) is -3.63. The second-order valence-corrected chi connectivity index (χ2v) is 8.69. The highest BCUT2D eigenvalue weighted by Gasteiger charge is 2.24. The van der Waals surface area contributed by atoms with Gasteiger partial charge in [-0.25, -0.2) is 8.42 Å². The van der Waals surface area contributed by atoms with Gasteiger partial charge in [-0.05, 0) is 39.0 Å². The number of hydrogen-bond acceptors (Lipinski definition) is 5. The Morgan fingerprint density at radius 2 is 2.17 bits per heavy atom. The number of ether oxygens (including phenoxy) is 2. The summed E-state index contributed by atoms with van der Waals surface area (Å²) < 4.78 is 39.3. The van der Waals surface area contributed by atoms with Gasteiger partial charge in [-0.3, -0.25) is 4.72 Å². The summed E-state index contributed by atoms with van der Waals surface area (Å²) >= 11 is 1.24. The third-order valence-electron chi connectivity index (χ3n) is 3.52. The molecule has 0 spiro atoms. The highest BCUT2D eigenvalue weighted by molar-refractivity contribution is 7.94. The second-order valence-electron chi connectivity index (χ2n) is 5.49. The first kappa shape index (κ1) is 16.1. The van der Waals surface area contributed by atoms with Crippen LogP contribution in [0.5, 0.6) is 11.5 Å². The Kier molecular flexibility index (Phi) is 4.25. The standard InChI is InChI=1S/C16H19NO4S2/c1-4-20-15-8-12-7-10(2)21-14(12)9-13(15)17-23(18,19)16-6-5-11(3)22-16/h5-6,8-10,17H,4,7H2,1-3H3/t10-/m1/s1. The van der Waals surface area contributed by atoms with Crippen molar-refractivity contribution in [2.24, 2.45) is 0 Å². The number of aryl methyl sites for hydroxylation is 1. The molecule has 0 unspecified atom stereocenters. The molecule has 0 fully saturated rings. The van der Waals surface area contributed by atoms with Crippen LogP contribution in [0.4, 0.5) is 5.69 Å². The molecule has 23 heavy (non-hydrogen) atoms. The van der Waals surface area contributed by atoms with E-state index >= 15 is 0 Å². The van der Waals surface area contributed by atoms with Gasteiger partial charge < -0.3 is 9.47 Å². The molecule has 5 nitrogen and oxygen atoms in total. The normalized spacial score (nSPS) is 16.7. The molecular weight excluding hydrogens is 334 g/mol. The predicted molar refractivity (Wildman–Crippen MR) is 91.3 cm³/mol. The fourth-order valence-corrected chi connectivity index (χ4v) is 4.89. The van der Waals surface area contributed by atoms with Crippen LogP contribution in [0, 0.1) is 6.92 Å². The maximum atomic E-state index is 12.5. The molecule has 0 saturated carbocycles. The first-order chi connectivity index (χ1) is 10.9. The first-order valence-electron chi connectivity index (χ1n) is 7.44. The van der Waals surface area contributed by atoms with Crippen molar-refractivity contribution in [3.63, 3.8) is 0 Å². The van der Waals surface area contributed by atoms with Gasteiger partial charge in [-0.2, -0.15) is 0 Å². The molecule has 124 valence electrons. The van der Waals surface area contributed by atoms with Gasteiger partial charge in [0.05, 0.1) is 12.3 Å². The highest BCUT2D eigenvalue weighted by Crippen LogP contribution is 2.39. The lowest BCUT2D eigenvalue weighted by Gasteiger charge is -2.14. The Morgan fingerprint density at radius 3 is 2.83 bits per heavy atom. The molecular formula is C16H19NO4S2. The molecule has 1 aliphatic heterocycles. The number of anilines is 1. The number of sulfonamides is 1. The van der Waals surface area contributed by atoms with Crippen molar-refractivity contribution in [1.29, 1.82) is 0 Å². The third-order valence-corrected chi connectivity index (χ3v) is 6.38. The molecule has 1 aromatic heterocycles. The summed E-state index contributed by atoms with van der Waals surface area (Å²) in [6.45, 7) is 6.19. The Hall–Kier alpha value is -1.73. The lowest BCUT2D eigenvalue weighted by atomic mass is 10.1. The molecule has 0 amide bonds. The predicted octanol–water partition coefficient (Wildman–Crippen LogP) is 3.58. The van der Waals surface area contributed by atoms with Crippen LogP contribution in [-0.2, 0) is 16.4 Å². The fourth-order valence-electron chi connectivity index (χ4n) is 2.55. The smallest absolute Gasteiger partial charge is 0.271 e. The van der Waals surface area contributed by atoms with Gasteiger partial charge in [0.25, 0.3) is 10.0 Å². The van der Waals surface area contributed by atoms with E-state index in [9.17, 15) is 8.42 Å². The maximum absolute atomic E-state index is 12.5. The van der Waals surface area contributed by atoms with E-state index in [2.05, 4.69) is 4.72 Å². The molecule has 1 N–H and O–H groups in total. The maximum Gasteiger partial charge on any atom is 0.271 e. The molecule has 7 heteroatoms. The van der Waals surface area contributed by atoms with E-state index in [0.29, 0.717) is 23.8 Å². The summed E-state index contributed by atoms with van der Waals surface area (Å²) in [4.78, 5) is 0.946. The number of nitrogens with one attached hydrogen (secondary N) is 1. The van der Waals surface area contributed by atoms with Crippen LogP contribution in [0.1, 0.15) is 24.3 Å². The monoisotopic (exact) mass is 353 g/mol. The average Bonchev–Trinajstić information content (AvgIpc) is 3.04. The third kappa shape index (κ3) is 3.30. The molecule has 1 aliphatic rings. The van der Waals surface area contributed by atoms with Crippen LogP contribution in [0.15, 0.2) is 28.5 Å². The number of thiophene rings is 1. The number of rotatable bonds is 5. The Labute approximate surface area is 140 Å². The van der Waals surface area contributed by atoms with Crippen molar-refractivity contribution in [3.05, 3.63) is 34.7 Å². The zero-order chi connectivity index (χ0) is 16.6. The second kappa shape index (κ2) is 6.05. The van der Waals surface area contributed by atoms with Gasteiger partial charge in [-0.15, -0.1) is 11.3 Å². The number of benzene rings is 1. The highest BCUT2D eigenvalue weighted by atomic mass is 32.2. The molecule has 0 radical (unpaired) electrons. The van der Waals surface area contributed by atoms with E-state index < -0.39 is 10.0 Å². The number of fused-ring (bicyclic) bond motifs is 1. The van der Waals surface area contributed by atoms with E-state index in [1.807, 2.05) is 26.8 Å². The lowest BCUT2D eigenvalue weighted by Crippen LogP contribution is -2.12. The average molecular weight is 353 g/mol. The summed E-state index contributed by atoms with van der Waals surface area (Å²) in [5.41, 5.74) is 1.45. The van der Waals surface area contributed by atoms with Gasteiger partial charge in [0.2, 0.25) is 0 Å². The van der Waals surface area contributed by atoms with Crippen LogP contribution in [0.25, 0.3) is 0 Å². The summed E-state index contributed by atoms with van der Waals surface area (Å²) in [5.74, 6) is 1.24. The van der Waals surface area contributed by atoms with Gasteiger partial charge >= 0.3 is 0 Å². The Balaban J connectivity index is 1.97. The van der Waals surface area contributed by atoms with Gasteiger partial charge in [0.15, 0.2) is 0 Å². The number of hydrogen-bond donors (Lipinski definition) is 1. The minimum Gasteiger partial charge on any atom is -0.492 e. The van der Waals surface area contributed by atoms with Crippen molar-refractivity contribution in [3.8, 4) is 11.5 Å². The molecule has 1 atom stereocenters. The van der Waals surface area contributed by atoms with E-state index in [-0.39, 0.29) is 10.3 Å². The van der Waals surface area contributed by atoms with Crippen LogP contribution < -0.4 is 14.2 Å². The Bertz CT molecular complexity index is 827. The molecule has 2 aromatic rings. The van der Waals surface area contributed by atoms with E-state index in [1.165, 1.54) is 11.3 Å². The van der Waals surface area contributed by atoms with E-state index in [1.54, 1.807) is 18.2 Å². The summed E-state index contributed by atoms with van der Waals surface area (Å²) in [6, 6.07) is 6.96. The fraction of sp³-hybridized carbons (Fsp3) is 0.375. The lowest BCUT2D eigenvalue weighted by molar-refractivity contribution is 0.254. The van der Waals surface area contributed by atoms with Crippen molar-refractivity contribution in [1.82, 2.24) is 0 Å². The molecule has 0 bridgehead atoms. The minimum atomic E-state index is -3.63. The van der Waals surface area contributed by atoms with Crippen LogP contribution in [0.3, 0.4) is 0 Å². The van der Waals surface area contributed by atoms with E-state index in [4.69, 9.17) is 9.47 Å². The molecule has 0 aliphatic carbocycles. The molecule has 1 aromatic carbocycles. The van der Waals surface area contributed by atoms with E-state index in [0.717, 1.165) is 16.9 Å². The van der Waals surface area contributed by atoms with Crippen molar-refractivity contribution in [2.75, 3.05) is 11.3 Å². The Morgan fingerprint density at radius 1 is 1.39 bits per heavy atom. The van der Waals surface area contributed by atoms with Gasteiger partial charge in [0.1, 0.15) is 21.8 Å². The van der Waals surface area contributed by atoms with Crippen LogP contribution in [0.2, 0.25) is 0 Å². The van der Waals surface area contributed by atoms with Gasteiger partial charge in [0, 0.05) is 22.9 Å². The topological polar surface area (TPSA) is 64.6 Å². The van der Waals surface area contributed by atoms with Crippen molar-refractivity contribution < 1.29 is 17.9 Å². The summed E-state index contributed by atoms with van der Waals surface area (Å²) in [5, 5.41) is 0. The SMILES string of the molecule is CCOc1cc2c(cc1NS(=O)(=O)c1ccc(C)s1)O[C@H](C)C2. The van der Waals surface area contributed by atoms with Crippen molar-refractivity contribution in [2.45, 2.75) is 37.5 Å². The molecule has 3 rings (SSSR count). The largest absolute Gasteiger partial charge is 0.492 e. The molecule has 0 saturated heterocycles. The zero-order valence-corrected chi connectivity index (χ0v) is 14.9. The minimum absolute atomic E-state index is 0.0891. The van der Waals surface area contributed by atoms with Crippen LogP contribution >= 0.6 is 11.3 Å². The summed E-state index contributed by atoms with van der Waals surface area (Å²) in [6.07, 6.45) is 0.887. The van der Waals surface area contributed by atoms with Crippen LogP contribution in [-0.4, -0.2) is 21.1 Å². The van der Waals surface area contributed by atoms with Gasteiger partial charge in [-0.1, -0.05) is 0 Å². The molecule has 2 heterocycles. The zero-order valence-electron chi connectivity index (χ0n) is 13.3.